The predicted octanol–water partition coefficient (Wildman–Crippen LogP) is 3.49. The van der Waals surface area contributed by atoms with E-state index in [0.29, 0.717) is 6.61 Å². The summed E-state index contributed by atoms with van der Waals surface area (Å²) in [4.78, 5) is 10.4. The monoisotopic (exact) mass is 248 g/mol. The largest absolute Gasteiger partial charge is 0.478 e. The molecular weight excluding hydrogens is 228 g/mol. The van der Waals surface area contributed by atoms with E-state index in [4.69, 9.17) is 9.84 Å². The van der Waals surface area contributed by atoms with Crippen molar-refractivity contribution in [1.29, 1.82) is 0 Å². The second-order valence-electron chi connectivity index (χ2n) is 4.82. The van der Waals surface area contributed by atoms with E-state index in [1.807, 2.05) is 24.3 Å². The van der Waals surface area contributed by atoms with E-state index in [1.165, 1.54) is 0 Å². The maximum absolute atomic E-state index is 10.4. The maximum Gasteiger partial charge on any atom is 0.328 e. The van der Waals surface area contributed by atoms with Crippen LogP contribution in [0.15, 0.2) is 30.3 Å². The highest BCUT2D eigenvalue weighted by Crippen LogP contribution is 2.17. The van der Waals surface area contributed by atoms with Crippen LogP contribution in [0, 0.1) is 0 Å². The second kappa shape index (κ2) is 6.36. The molecule has 98 valence electrons. The molecule has 0 saturated heterocycles. The zero-order valence-electron chi connectivity index (χ0n) is 11.1. The van der Waals surface area contributed by atoms with Gasteiger partial charge in [-0.25, -0.2) is 4.79 Å². The first-order chi connectivity index (χ1) is 8.43. The maximum atomic E-state index is 10.4. The first-order valence-corrected chi connectivity index (χ1v) is 6.07. The molecule has 3 heteroatoms. The normalized spacial score (nSPS) is 11.9. The van der Waals surface area contributed by atoms with Crippen molar-refractivity contribution in [2.75, 3.05) is 0 Å². The van der Waals surface area contributed by atoms with E-state index in [-0.39, 0.29) is 5.60 Å². The van der Waals surface area contributed by atoms with Crippen LogP contribution in [0.4, 0.5) is 0 Å². The van der Waals surface area contributed by atoms with Crippen molar-refractivity contribution in [3.63, 3.8) is 0 Å². The minimum atomic E-state index is -0.941. The quantitative estimate of drug-likeness (QED) is 0.784. The highest BCUT2D eigenvalue weighted by molar-refractivity contribution is 5.85. The van der Waals surface area contributed by atoms with Crippen molar-refractivity contribution in [3.8, 4) is 0 Å². The van der Waals surface area contributed by atoms with Gasteiger partial charge in [-0.2, -0.15) is 0 Å². The third-order valence-electron chi connectivity index (χ3n) is 2.85. The van der Waals surface area contributed by atoms with E-state index < -0.39 is 5.97 Å². The van der Waals surface area contributed by atoms with Crippen LogP contribution in [0.2, 0.25) is 0 Å². The van der Waals surface area contributed by atoms with Gasteiger partial charge in [0.15, 0.2) is 0 Å². The molecule has 1 aromatic carbocycles. The van der Waals surface area contributed by atoms with Crippen LogP contribution in [0.25, 0.3) is 6.08 Å². The summed E-state index contributed by atoms with van der Waals surface area (Å²) in [5, 5.41) is 8.57. The molecule has 0 saturated carbocycles. The van der Waals surface area contributed by atoms with Gasteiger partial charge in [-0.15, -0.1) is 0 Å². The molecule has 0 radical (unpaired) electrons. The molecule has 0 spiro atoms. The number of carboxylic acids is 1. The minimum Gasteiger partial charge on any atom is -0.478 e. The molecule has 0 atom stereocenters. The van der Waals surface area contributed by atoms with E-state index in [0.717, 1.165) is 23.6 Å². The van der Waals surface area contributed by atoms with Crippen molar-refractivity contribution >= 4 is 12.0 Å². The van der Waals surface area contributed by atoms with Gasteiger partial charge in [-0.3, -0.25) is 0 Å². The molecule has 0 heterocycles. The van der Waals surface area contributed by atoms with Gasteiger partial charge in [0.1, 0.15) is 0 Å². The number of hydrogen-bond donors (Lipinski definition) is 1. The minimum absolute atomic E-state index is 0.132. The molecule has 1 rings (SSSR count). The van der Waals surface area contributed by atoms with Crippen LogP contribution in [-0.4, -0.2) is 16.7 Å². The van der Waals surface area contributed by atoms with Crippen molar-refractivity contribution in [1.82, 2.24) is 0 Å². The number of carbonyl (C=O) groups is 1. The lowest BCUT2D eigenvalue weighted by Crippen LogP contribution is -2.22. The first-order valence-electron chi connectivity index (χ1n) is 6.07. The molecule has 0 bridgehead atoms. The number of rotatable bonds is 6. The lowest BCUT2D eigenvalue weighted by Gasteiger charge is -2.23. The Hall–Kier alpha value is -1.61. The van der Waals surface area contributed by atoms with Gasteiger partial charge >= 0.3 is 5.97 Å². The van der Waals surface area contributed by atoms with Gasteiger partial charge in [0.05, 0.1) is 12.2 Å². The Morgan fingerprint density at radius 2 is 2.17 bits per heavy atom. The van der Waals surface area contributed by atoms with Crippen LogP contribution in [0.5, 0.6) is 0 Å². The third kappa shape index (κ3) is 5.15. The Balaban J connectivity index is 2.68. The molecule has 0 fully saturated rings. The Morgan fingerprint density at radius 3 is 2.78 bits per heavy atom. The first kappa shape index (κ1) is 14.5. The zero-order valence-corrected chi connectivity index (χ0v) is 11.1. The van der Waals surface area contributed by atoms with Crippen LogP contribution in [-0.2, 0) is 16.1 Å². The molecular formula is C15H20O3. The molecule has 0 aliphatic heterocycles. The topological polar surface area (TPSA) is 46.5 Å². The number of hydrogen-bond acceptors (Lipinski definition) is 2. The fraction of sp³-hybridized carbons (Fsp3) is 0.400. The van der Waals surface area contributed by atoms with Gasteiger partial charge in [-0.1, -0.05) is 25.1 Å². The molecule has 0 amide bonds. The van der Waals surface area contributed by atoms with Gasteiger partial charge in [0.2, 0.25) is 0 Å². The van der Waals surface area contributed by atoms with Crippen LogP contribution in [0.3, 0.4) is 0 Å². The summed E-state index contributed by atoms with van der Waals surface area (Å²) in [7, 11) is 0. The highest BCUT2D eigenvalue weighted by Gasteiger charge is 2.14. The molecule has 0 aromatic heterocycles. The molecule has 0 aliphatic carbocycles. The SMILES string of the molecule is CCC(C)(C)OCc1cccc(/C=C/C(=O)O)c1. The van der Waals surface area contributed by atoms with Crippen molar-refractivity contribution in [2.24, 2.45) is 0 Å². The van der Waals surface area contributed by atoms with E-state index in [1.54, 1.807) is 6.08 Å². The molecule has 1 N–H and O–H groups in total. The summed E-state index contributed by atoms with van der Waals surface area (Å²) in [5.41, 5.74) is 1.78. The van der Waals surface area contributed by atoms with Gasteiger partial charge in [0.25, 0.3) is 0 Å². The fourth-order valence-electron chi connectivity index (χ4n) is 1.33. The van der Waals surface area contributed by atoms with Crippen molar-refractivity contribution < 1.29 is 14.6 Å². The number of aliphatic carboxylic acids is 1. The van der Waals surface area contributed by atoms with E-state index >= 15 is 0 Å². The van der Waals surface area contributed by atoms with Crippen molar-refractivity contribution in [3.05, 3.63) is 41.5 Å². The van der Waals surface area contributed by atoms with Crippen LogP contribution >= 0.6 is 0 Å². The molecule has 3 nitrogen and oxygen atoms in total. The fourth-order valence-corrected chi connectivity index (χ4v) is 1.33. The van der Waals surface area contributed by atoms with Crippen LogP contribution < -0.4 is 0 Å². The smallest absolute Gasteiger partial charge is 0.328 e. The lowest BCUT2D eigenvalue weighted by molar-refractivity contribution is -0.131. The number of benzene rings is 1. The zero-order chi connectivity index (χ0) is 13.6. The summed E-state index contributed by atoms with van der Waals surface area (Å²) in [6.45, 7) is 6.74. The lowest BCUT2D eigenvalue weighted by atomic mass is 10.1. The number of ether oxygens (including phenoxy) is 1. The van der Waals surface area contributed by atoms with Gasteiger partial charge in [0, 0.05) is 6.08 Å². The Bertz CT molecular complexity index is 433. The third-order valence-corrected chi connectivity index (χ3v) is 2.85. The van der Waals surface area contributed by atoms with Crippen molar-refractivity contribution in [2.45, 2.75) is 39.4 Å². The molecule has 1 aromatic rings. The molecule has 0 aliphatic rings. The summed E-state index contributed by atoms with van der Waals surface area (Å²) < 4.78 is 5.80. The number of carboxylic acid groups (broad SMARTS) is 1. The Morgan fingerprint density at radius 1 is 1.44 bits per heavy atom. The highest BCUT2D eigenvalue weighted by atomic mass is 16.5. The summed E-state index contributed by atoms with van der Waals surface area (Å²) in [6, 6.07) is 7.68. The summed E-state index contributed by atoms with van der Waals surface area (Å²) in [6.07, 6.45) is 3.67. The van der Waals surface area contributed by atoms with Crippen LogP contribution in [0.1, 0.15) is 38.3 Å². The Kier molecular flexibility index (Phi) is 5.10. The molecule has 18 heavy (non-hydrogen) atoms. The second-order valence-corrected chi connectivity index (χ2v) is 4.82. The summed E-state index contributed by atoms with van der Waals surface area (Å²) >= 11 is 0. The Labute approximate surface area is 108 Å². The molecule has 0 unspecified atom stereocenters. The predicted molar refractivity (Wildman–Crippen MR) is 72.3 cm³/mol. The average Bonchev–Trinajstić information content (AvgIpc) is 2.35. The standard InChI is InChI=1S/C15H20O3/c1-4-15(2,3)18-11-13-7-5-6-12(10-13)8-9-14(16)17/h5-10H,4,11H2,1-3H3,(H,16,17)/b9-8+. The van der Waals surface area contributed by atoms with E-state index in [9.17, 15) is 4.79 Å². The van der Waals surface area contributed by atoms with E-state index in [2.05, 4.69) is 20.8 Å². The average molecular weight is 248 g/mol. The van der Waals surface area contributed by atoms with Gasteiger partial charge in [-0.05, 0) is 43.5 Å². The summed E-state index contributed by atoms with van der Waals surface area (Å²) in [5.74, 6) is -0.941. The van der Waals surface area contributed by atoms with Gasteiger partial charge < -0.3 is 9.84 Å².